The summed E-state index contributed by atoms with van der Waals surface area (Å²) in [6.07, 6.45) is -1.97. The summed E-state index contributed by atoms with van der Waals surface area (Å²) >= 11 is 0. The third kappa shape index (κ3) is 4.25. The highest BCUT2D eigenvalue weighted by molar-refractivity contribution is 5.79. The fraction of sp³-hybridized carbons (Fsp3) is 0.188. The number of ether oxygens (including phenoxy) is 1. The molecule has 0 bridgehead atoms. The molecule has 3 nitrogen and oxygen atoms in total. The number of rotatable bonds is 5. The van der Waals surface area contributed by atoms with Crippen molar-refractivity contribution in [3.8, 4) is 5.75 Å². The van der Waals surface area contributed by atoms with Crippen LogP contribution in [0.15, 0.2) is 53.7 Å². The lowest BCUT2D eigenvalue weighted by Gasteiger charge is -2.07. The van der Waals surface area contributed by atoms with Crippen molar-refractivity contribution in [2.45, 2.75) is 12.8 Å². The minimum absolute atomic E-state index is 0.135. The summed E-state index contributed by atoms with van der Waals surface area (Å²) in [6, 6.07) is 11.9. The van der Waals surface area contributed by atoms with Crippen molar-refractivity contribution >= 4 is 6.21 Å². The van der Waals surface area contributed by atoms with Crippen molar-refractivity contribution in [3.63, 3.8) is 0 Å². The number of alkyl halides is 3. The van der Waals surface area contributed by atoms with Gasteiger partial charge in [-0.1, -0.05) is 35.5 Å². The zero-order valence-corrected chi connectivity index (χ0v) is 11.7. The molecule has 6 heteroatoms. The van der Waals surface area contributed by atoms with Gasteiger partial charge in [0.05, 0.1) is 12.7 Å². The van der Waals surface area contributed by atoms with Crippen molar-refractivity contribution in [2.75, 3.05) is 7.11 Å². The second-order valence-electron chi connectivity index (χ2n) is 4.37. The highest BCUT2D eigenvalue weighted by Crippen LogP contribution is 2.29. The van der Waals surface area contributed by atoms with E-state index in [4.69, 9.17) is 9.57 Å². The van der Waals surface area contributed by atoms with Gasteiger partial charge in [-0.15, -0.1) is 0 Å². The van der Waals surface area contributed by atoms with Gasteiger partial charge in [0.15, 0.2) is 0 Å². The van der Waals surface area contributed by atoms with E-state index in [0.29, 0.717) is 5.75 Å². The monoisotopic (exact) mass is 308 g/mol. The molecule has 2 rings (SSSR count). The van der Waals surface area contributed by atoms with Gasteiger partial charge in [-0.3, -0.25) is 0 Å². The lowest BCUT2D eigenvalue weighted by atomic mass is 10.1. The van der Waals surface area contributed by atoms with E-state index in [1.54, 1.807) is 12.1 Å². The molecule has 0 aromatic heterocycles. The Labute approximate surface area is 126 Å². The van der Waals surface area contributed by atoms with Gasteiger partial charge in [0.1, 0.15) is 18.6 Å². The van der Waals surface area contributed by atoms with Crippen LogP contribution in [0.25, 0.3) is 0 Å². The molecule has 0 fully saturated rings. The van der Waals surface area contributed by atoms with E-state index in [0.717, 1.165) is 17.7 Å². The van der Waals surface area contributed by atoms with Gasteiger partial charge in [-0.05, 0) is 18.2 Å². The lowest BCUT2D eigenvalue weighted by molar-refractivity contribution is -0.137. The van der Waals surface area contributed by atoms with Crippen LogP contribution in [0.1, 0.15) is 16.7 Å². The van der Waals surface area contributed by atoms with Gasteiger partial charge in [-0.2, -0.15) is 13.2 Å². The maximum atomic E-state index is 12.6. The third-order valence-electron chi connectivity index (χ3n) is 2.84. The first-order valence-corrected chi connectivity index (χ1v) is 6.38. The van der Waals surface area contributed by atoms with E-state index in [1.807, 2.05) is 12.1 Å². The van der Waals surface area contributed by atoms with Crippen molar-refractivity contribution in [1.82, 2.24) is 0 Å². The summed E-state index contributed by atoms with van der Waals surface area (Å²) < 4.78 is 42.8. The van der Waals surface area contributed by atoms with Crippen molar-refractivity contribution in [2.24, 2.45) is 5.16 Å². The van der Waals surface area contributed by atoms with Crippen molar-refractivity contribution < 1.29 is 22.7 Å². The molecule has 0 amide bonds. The normalized spacial score (nSPS) is 11.6. The van der Waals surface area contributed by atoms with E-state index in [1.165, 1.54) is 19.2 Å². The Balaban J connectivity index is 1.98. The van der Waals surface area contributed by atoms with Crippen LogP contribution >= 0.6 is 0 Å². The predicted molar refractivity (Wildman–Crippen MR) is 75.8 cm³/mol. The molecule has 0 aliphatic carbocycles. The first-order chi connectivity index (χ1) is 10.5. The molecule has 22 heavy (non-hydrogen) atoms. The molecular weight excluding hydrogens is 295 g/mol. The highest BCUT2D eigenvalue weighted by atomic mass is 19.4. The van der Waals surface area contributed by atoms with Gasteiger partial charge in [0.25, 0.3) is 0 Å². The topological polar surface area (TPSA) is 30.8 Å². The maximum Gasteiger partial charge on any atom is 0.416 e. The summed E-state index contributed by atoms with van der Waals surface area (Å²) in [5.74, 6) is 0.650. The van der Waals surface area contributed by atoms with Crippen LogP contribution in [0, 0.1) is 0 Å². The van der Waals surface area contributed by atoms with Gasteiger partial charge in [0, 0.05) is 11.1 Å². The first kappa shape index (κ1) is 15.9. The summed E-state index contributed by atoms with van der Waals surface area (Å²) in [6.45, 7) is 0.135. The number of hydrogen-bond donors (Lipinski definition) is 0. The average Bonchev–Trinajstić information content (AvgIpc) is 2.51. The Morgan fingerprint density at radius 1 is 1.09 bits per heavy atom. The Kier molecular flexibility index (Phi) is 5.04. The van der Waals surface area contributed by atoms with Crippen LogP contribution in [0.2, 0.25) is 0 Å². The molecule has 0 aliphatic rings. The quantitative estimate of drug-likeness (QED) is 0.614. The van der Waals surface area contributed by atoms with E-state index >= 15 is 0 Å². The molecule has 2 aromatic carbocycles. The number of para-hydroxylation sites is 1. The van der Waals surface area contributed by atoms with E-state index in [-0.39, 0.29) is 12.2 Å². The largest absolute Gasteiger partial charge is 0.496 e. The van der Waals surface area contributed by atoms with Crippen LogP contribution in [0.3, 0.4) is 0 Å². The molecule has 0 saturated carbocycles. The number of methoxy groups -OCH3 is 1. The fourth-order valence-electron chi connectivity index (χ4n) is 1.77. The Morgan fingerprint density at radius 3 is 2.59 bits per heavy atom. The molecular formula is C16H13F3NO2. The van der Waals surface area contributed by atoms with Crippen LogP contribution in [0.4, 0.5) is 13.2 Å². The Morgan fingerprint density at radius 2 is 1.86 bits per heavy atom. The van der Waals surface area contributed by atoms with Crippen molar-refractivity contribution in [1.29, 1.82) is 0 Å². The van der Waals surface area contributed by atoms with Crippen LogP contribution in [0.5, 0.6) is 5.75 Å². The molecule has 0 atom stereocenters. The van der Waals surface area contributed by atoms with Crippen LogP contribution in [-0.2, 0) is 17.6 Å². The summed E-state index contributed by atoms with van der Waals surface area (Å²) in [5.41, 5.74) is 0.215. The molecule has 0 saturated heterocycles. The predicted octanol–water partition coefficient (Wildman–Crippen LogP) is 4.14. The van der Waals surface area contributed by atoms with Gasteiger partial charge >= 0.3 is 6.18 Å². The Hall–Kier alpha value is -2.50. The van der Waals surface area contributed by atoms with E-state index in [9.17, 15) is 13.2 Å². The molecule has 0 spiro atoms. The Bertz CT molecular complexity index is 654. The number of hydrogen-bond acceptors (Lipinski definition) is 3. The highest BCUT2D eigenvalue weighted by Gasteiger charge is 2.30. The minimum Gasteiger partial charge on any atom is -0.496 e. The second kappa shape index (κ2) is 6.98. The standard InChI is InChI=1S/C16H13F3NO2/c1-21-15-8-3-2-6-13(15)11-22-20-10-12-5-4-7-14(9-12)16(17,18)19/h2-9H,11H2,1H3. The fourth-order valence-corrected chi connectivity index (χ4v) is 1.77. The first-order valence-electron chi connectivity index (χ1n) is 6.38. The van der Waals surface area contributed by atoms with E-state index < -0.39 is 11.7 Å². The molecule has 1 radical (unpaired) electrons. The summed E-state index contributed by atoms with van der Waals surface area (Å²) in [7, 11) is 1.54. The molecule has 115 valence electrons. The van der Waals surface area contributed by atoms with Gasteiger partial charge < -0.3 is 9.57 Å². The smallest absolute Gasteiger partial charge is 0.416 e. The van der Waals surface area contributed by atoms with Gasteiger partial charge in [-0.25, -0.2) is 0 Å². The van der Waals surface area contributed by atoms with E-state index in [2.05, 4.69) is 11.4 Å². The molecule has 0 unspecified atom stereocenters. The minimum atomic E-state index is -4.39. The zero-order chi connectivity index (χ0) is 16.0. The summed E-state index contributed by atoms with van der Waals surface area (Å²) in [5, 5.41) is 3.56. The van der Waals surface area contributed by atoms with Crippen LogP contribution in [-0.4, -0.2) is 13.3 Å². The molecule has 0 heterocycles. The number of nitrogens with zero attached hydrogens (tertiary/aromatic N) is 1. The van der Waals surface area contributed by atoms with Gasteiger partial charge in [0.2, 0.25) is 0 Å². The molecule has 0 N–H and O–H groups in total. The average molecular weight is 308 g/mol. The van der Waals surface area contributed by atoms with Crippen molar-refractivity contribution in [3.05, 3.63) is 65.2 Å². The zero-order valence-electron chi connectivity index (χ0n) is 11.7. The molecule has 0 aliphatic heterocycles. The van der Waals surface area contributed by atoms with Crippen LogP contribution < -0.4 is 4.74 Å². The lowest BCUT2D eigenvalue weighted by Crippen LogP contribution is -2.05. The third-order valence-corrected chi connectivity index (χ3v) is 2.84. The number of benzene rings is 2. The summed E-state index contributed by atoms with van der Waals surface area (Å²) in [4.78, 5) is 5.04. The molecule has 2 aromatic rings. The SMILES string of the molecule is COc1ccccc1CO/N=[C]\c1cccc(C(F)(F)F)c1. The maximum absolute atomic E-state index is 12.6. The second-order valence-corrected chi connectivity index (χ2v) is 4.37. The number of halogens is 3.